The number of ether oxygens (including phenoxy) is 1. The highest BCUT2D eigenvalue weighted by atomic mass is 16.5. The van der Waals surface area contributed by atoms with E-state index in [1.54, 1.807) is 0 Å². The van der Waals surface area contributed by atoms with Crippen molar-refractivity contribution in [3.05, 3.63) is 0 Å². The van der Waals surface area contributed by atoms with Crippen molar-refractivity contribution in [3.8, 4) is 0 Å². The zero-order chi connectivity index (χ0) is 10.8. The molecule has 4 nitrogen and oxygen atoms in total. The maximum atomic E-state index is 5.99. The molecule has 2 unspecified atom stereocenters. The number of nitrogens with zero attached hydrogens (tertiary/aromatic N) is 1. The minimum absolute atomic E-state index is 0.484. The van der Waals surface area contributed by atoms with Gasteiger partial charge in [-0.25, -0.2) is 0 Å². The van der Waals surface area contributed by atoms with E-state index >= 15 is 0 Å². The van der Waals surface area contributed by atoms with E-state index in [2.05, 4.69) is 15.5 Å². The van der Waals surface area contributed by atoms with E-state index in [1.807, 2.05) is 0 Å². The summed E-state index contributed by atoms with van der Waals surface area (Å²) in [5, 5.41) is 6.87. The lowest BCUT2D eigenvalue weighted by Gasteiger charge is -2.29. The zero-order valence-electron chi connectivity index (χ0n) is 10.0. The fraction of sp³-hybridized carbons (Fsp3) is 1.00. The molecule has 3 heterocycles. The fourth-order valence-corrected chi connectivity index (χ4v) is 3.29. The van der Waals surface area contributed by atoms with Gasteiger partial charge >= 0.3 is 0 Å². The van der Waals surface area contributed by atoms with E-state index in [1.165, 1.54) is 39.0 Å². The van der Waals surface area contributed by atoms with E-state index in [9.17, 15) is 0 Å². The first-order chi connectivity index (χ1) is 7.86. The first kappa shape index (κ1) is 11.0. The summed E-state index contributed by atoms with van der Waals surface area (Å²) in [5.41, 5.74) is 0.485. The molecule has 0 aliphatic carbocycles. The predicted octanol–water partition coefficient (Wildman–Crippen LogP) is -0.340. The van der Waals surface area contributed by atoms with Gasteiger partial charge in [-0.05, 0) is 19.4 Å². The number of rotatable bonds is 2. The zero-order valence-corrected chi connectivity index (χ0v) is 10.0. The van der Waals surface area contributed by atoms with Gasteiger partial charge < -0.3 is 15.4 Å². The fourth-order valence-electron chi connectivity index (χ4n) is 3.29. The summed E-state index contributed by atoms with van der Waals surface area (Å²) < 4.78 is 5.99. The van der Waals surface area contributed by atoms with Crippen LogP contribution in [0.15, 0.2) is 0 Å². The van der Waals surface area contributed by atoms with Gasteiger partial charge in [0, 0.05) is 44.7 Å². The Morgan fingerprint density at radius 2 is 2.06 bits per heavy atom. The molecule has 0 aromatic carbocycles. The van der Waals surface area contributed by atoms with Crippen LogP contribution in [0.1, 0.15) is 12.8 Å². The molecule has 4 heteroatoms. The molecule has 0 aromatic rings. The van der Waals surface area contributed by atoms with Gasteiger partial charge in [-0.1, -0.05) is 0 Å². The Labute approximate surface area is 97.7 Å². The molecule has 0 saturated carbocycles. The number of nitrogens with one attached hydrogen (secondary N) is 2. The first-order valence-electron chi connectivity index (χ1n) is 6.62. The van der Waals surface area contributed by atoms with Crippen molar-refractivity contribution >= 4 is 0 Å². The van der Waals surface area contributed by atoms with Crippen LogP contribution in [0.4, 0.5) is 0 Å². The van der Waals surface area contributed by atoms with Gasteiger partial charge in [0.15, 0.2) is 0 Å². The molecule has 2 N–H and O–H groups in total. The van der Waals surface area contributed by atoms with Crippen LogP contribution in [0.2, 0.25) is 0 Å². The van der Waals surface area contributed by atoms with Crippen LogP contribution in [0.3, 0.4) is 0 Å². The average molecular weight is 225 g/mol. The van der Waals surface area contributed by atoms with Crippen molar-refractivity contribution in [2.45, 2.75) is 18.9 Å². The van der Waals surface area contributed by atoms with Crippen LogP contribution < -0.4 is 10.6 Å². The molecule has 92 valence electrons. The Balaban J connectivity index is 1.49. The van der Waals surface area contributed by atoms with Gasteiger partial charge in [0.2, 0.25) is 0 Å². The molecule has 3 fully saturated rings. The van der Waals surface area contributed by atoms with E-state index in [-0.39, 0.29) is 0 Å². The van der Waals surface area contributed by atoms with E-state index in [0.717, 1.165) is 26.2 Å². The summed E-state index contributed by atoms with van der Waals surface area (Å²) in [6.07, 6.45) is 3.06. The van der Waals surface area contributed by atoms with Gasteiger partial charge in [0.05, 0.1) is 12.7 Å². The second kappa shape index (κ2) is 4.61. The lowest BCUT2D eigenvalue weighted by molar-refractivity contribution is 0.0630. The highest BCUT2D eigenvalue weighted by Crippen LogP contribution is 2.38. The second-order valence-corrected chi connectivity index (χ2v) is 5.61. The van der Waals surface area contributed by atoms with E-state index < -0.39 is 0 Å². The Morgan fingerprint density at radius 1 is 1.19 bits per heavy atom. The Kier molecular flexibility index (Phi) is 3.16. The van der Waals surface area contributed by atoms with Crippen molar-refractivity contribution in [2.24, 2.45) is 5.41 Å². The number of hydrogen-bond acceptors (Lipinski definition) is 4. The maximum Gasteiger partial charge on any atom is 0.0708 e. The summed E-state index contributed by atoms with van der Waals surface area (Å²) in [4.78, 5) is 2.54. The normalized spacial score (nSPS) is 40.9. The largest absolute Gasteiger partial charge is 0.376 e. The van der Waals surface area contributed by atoms with Crippen LogP contribution in [0.25, 0.3) is 0 Å². The standard InChI is InChI=1S/C12H23N3O/c1-2-14-9-12(1)7-11(16-10-12)8-15-5-3-13-4-6-15/h11,13-14H,1-10H2. The summed E-state index contributed by atoms with van der Waals surface area (Å²) in [6.45, 7) is 9.13. The molecular formula is C12H23N3O. The van der Waals surface area contributed by atoms with Gasteiger partial charge in [-0.2, -0.15) is 0 Å². The summed E-state index contributed by atoms with van der Waals surface area (Å²) >= 11 is 0. The van der Waals surface area contributed by atoms with Gasteiger partial charge in [-0.15, -0.1) is 0 Å². The topological polar surface area (TPSA) is 36.5 Å². The third-order valence-electron chi connectivity index (χ3n) is 4.29. The molecule has 1 spiro atoms. The Morgan fingerprint density at radius 3 is 2.81 bits per heavy atom. The van der Waals surface area contributed by atoms with Gasteiger partial charge in [0.1, 0.15) is 0 Å². The molecular weight excluding hydrogens is 202 g/mol. The molecule has 0 bridgehead atoms. The highest BCUT2D eigenvalue weighted by Gasteiger charge is 2.42. The van der Waals surface area contributed by atoms with Crippen LogP contribution in [0, 0.1) is 5.41 Å². The van der Waals surface area contributed by atoms with E-state index in [4.69, 9.17) is 4.74 Å². The summed E-state index contributed by atoms with van der Waals surface area (Å²) in [6, 6.07) is 0. The monoisotopic (exact) mass is 225 g/mol. The molecule has 0 radical (unpaired) electrons. The van der Waals surface area contributed by atoms with Crippen molar-refractivity contribution in [1.29, 1.82) is 0 Å². The minimum Gasteiger partial charge on any atom is -0.376 e. The Bertz CT molecular complexity index is 234. The molecule has 2 atom stereocenters. The first-order valence-corrected chi connectivity index (χ1v) is 6.62. The minimum atomic E-state index is 0.484. The molecule has 3 rings (SSSR count). The molecule has 3 saturated heterocycles. The van der Waals surface area contributed by atoms with Crippen LogP contribution in [-0.4, -0.2) is 63.4 Å². The third-order valence-corrected chi connectivity index (χ3v) is 4.29. The van der Waals surface area contributed by atoms with Crippen molar-refractivity contribution in [3.63, 3.8) is 0 Å². The quantitative estimate of drug-likeness (QED) is 0.674. The van der Waals surface area contributed by atoms with Gasteiger partial charge in [-0.3, -0.25) is 4.90 Å². The SMILES string of the molecule is C1CN(CC2CC3(CCNC3)CO2)CCN1. The highest BCUT2D eigenvalue weighted by molar-refractivity contribution is 4.95. The van der Waals surface area contributed by atoms with Crippen molar-refractivity contribution in [1.82, 2.24) is 15.5 Å². The summed E-state index contributed by atoms with van der Waals surface area (Å²) in [5.74, 6) is 0. The molecule has 0 amide bonds. The number of piperazine rings is 1. The third kappa shape index (κ3) is 2.25. The average Bonchev–Trinajstić information content (AvgIpc) is 2.92. The molecule has 3 aliphatic heterocycles. The van der Waals surface area contributed by atoms with Crippen LogP contribution in [-0.2, 0) is 4.74 Å². The smallest absolute Gasteiger partial charge is 0.0708 e. The lowest BCUT2D eigenvalue weighted by Crippen LogP contribution is -2.46. The van der Waals surface area contributed by atoms with Crippen molar-refractivity contribution in [2.75, 3.05) is 52.4 Å². The predicted molar refractivity (Wildman–Crippen MR) is 63.6 cm³/mol. The molecule has 0 aromatic heterocycles. The van der Waals surface area contributed by atoms with Crippen molar-refractivity contribution < 1.29 is 4.74 Å². The van der Waals surface area contributed by atoms with Crippen LogP contribution >= 0.6 is 0 Å². The van der Waals surface area contributed by atoms with Gasteiger partial charge in [0.25, 0.3) is 0 Å². The summed E-state index contributed by atoms with van der Waals surface area (Å²) in [7, 11) is 0. The molecule has 16 heavy (non-hydrogen) atoms. The molecule has 3 aliphatic rings. The Hall–Kier alpha value is -0.160. The van der Waals surface area contributed by atoms with E-state index in [0.29, 0.717) is 11.5 Å². The maximum absolute atomic E-state index is 5.99. The van der Waals surface area contributed by atoms with Crippen LogP contribution in [0.5, 0.6) is 0 Å². The lowest BCUT2D eigenvalue weighted by atomic mass is 9.85. The number of hydrogen-bond donors (Lipinski definition) is 2. The second-order valence-electron chi connectivity index (χ2n) is 5.61.